The predicted octanol–water partition coefficient (Wildman–Crippen LogP) is 18.8. The van der Waals surface area contributed by atoms with Crippen LogP contribution in [0.25, 0.3) is 33.4 Å². The molecule has 3 saturated carbocycles. The quantitative estimate of drug-likeness (QED) is 0.0616. The van der Waals surface area contributed by atoms with Crippen LogP contribution in [-0.2, 0) is 56.7 Å². The van der Waals surface area contributed by atoms with Gasteiger partial charge in [-0.05, 0) is 254 Å². The normalized spacial score (nSPS) is 23.7. The molecule has 3 aromatic carbocycles. The Hall–Kier alpha value is -9.81. The molecule has 7 fully saturated rings. The molecule has 6 aromatic rings. The van der Waals surface area contributed by atoms with Crippen LogP contribution in [0.2, 0.25) is 0 Å². The van der Waals surface area contributed by atoms with Crippen LogP contribution in [0.5, 0.6) is 17.2 Å². The standard InChI is InChI=1S/C29H39FN4O5.C24H31FN4O3.C19H23N3O3.C11H20FNO2.C10H18FNO3.CH3ClO2S.CH4/c1-18-9-10-22-24(34(18)28(36)37-5)12-11-21(26(22)38-20-7-6-8-20)19-15-31-33(16-19)25-13-14-32(17-23(25)30)27(35)39-29(2,3)4;1-15-6-7-19-21(29(15)24(30)31-2)9-8-18(23(19)32-17-4-3-5-17)16-12-27-28(14-16)22-10-11-26-13-20(22)25;1-12-6-7-16-17(22(12)19(23)24-2)9-8-15(13-10-20-21-11-13)18(16)25-14-4-3-5-14;1-8-5-6-13(7-9(8)12)10(14)15-11(2,3)4;1-10(2,3)15-9(14)12-5-4-8(13)7(11)6-12;1-5(2,3)4;/h11-12,15-16,18,20,23,25H,6-10,13-14,17H2,1-5H3;8-9,12,14-15,17,20,22,26H,3-7,10-11,13H2,1-2H3;8-12,14H,3-7H2,1-2H3,(H,20,21);8-9H,5-7H2,1-4H3;7-8,13H,4-6H2,1-3H3;1H3;1H4/t18-,23-,25+;15-,20-,22+;12-;8-,9-;7-,8-;;/m00000../s1. The number of hydrogen-bond donors (Lipinski definition) is 3. The van der Waals surface area contributed by atoms with E-state index in [2.05, 4.69) is 43.3 Å². The van der Waals surface area contributed by atoms with Gasteiger partial charge in [-0.3, -0.25) is 29.2 Å². The average Bonchev–Trinajstić information content (AvgIpc) is 1.25. The number of carbonyl (C=O) groups is 6. The molecule has 0 unspecified atom stereocenters. The second-order valence-corrected chi connectivity index (χ2v) is 41.5. The van der Waals surface area contributed by atoms with Crippen molar-refractivity contribution in [3.8, 4) is 50.6 Å². The summed E-state index contributed by atoms with van der Waals surface area (Å²) in [5.41, 5.74) is 9.57. The van der Waals surface area contributed by atoms with E-state index in [0.717, 1.165) is 181 Å². The molecule has 3 aliphatic carbocycles. The Kier molecular flexibility index (Phi) is 35.9. The van der Waals surface area contributed by atoms with Crippen LogP contribution < -0.4 is 34.2 Å². The first-order chi connectivity index (χ1) is 61.9. The van der Waals surface area contributed by atoms with Gasteiger partial charge in [0.15, 0.2) is 0 Å². The van der Waals surface area contributed by atoms with E-state index in [-0.39, 0.29) is 100 Å². The summed E-state index contributed by atoms with van der Waals surface area (Å²) in [6.45, 7) is 26.6. The number of piperidine rings is 4. The van der Waals surface area contributed by atoms with Crippen LogP contribution in [-0.4, -0.2) is 259 Å². The number of aliphatic hydroxyl groups is 1. The molecule has 11 atom stereocenters. The third kappa shape index (κ3) is 27.3. The highest BCUT2D eigenvalue weighted by molar-refractivity contribution is 8.13. The summed E-state index contributed by atoms with van der Waals surface area (Å²) in [5, 5.41) is 28.2. The molecule has 3 N–H and O–H groups in total. The summed E-state index contributed by atoms with van der Waals surface area (Å²) < 4.78 is 129. The maximum absolute atomic E-state index is 15.3. The van der Waals surface area contributed by atoms with Crippen LogP contribution >= 0.6 is 10.7 Å². The number of nitrogens with zero attached hydrogens (tertiary/aromatic N) is 11. The van der Waals surface area contributed by atoms with E-state index in [0.29, 0.717) is 45.4 Å². The van der Waals surface area contributed by atoms with E-state index in [1.807, 2.05) is 96.5 Å². The highest BCUT2D eigenvalue weighted by Gasteiger charge is 2.42. The van der Waals surface area contributed by atoms with Gasteiger partial charge in [0.05, 0.1) is 119 Å². The number of halogens is 5. The highest BCUT2D eigenvalue weighted by atomic mass is 35.7. The van der Waals surface area contributed by atoms with Crippen LogP contribution in [0.4, 0.5) is 63.4 Å². The van der Waals surface area contributed by atoms with Crippen molar-refractivity contribution < 1.29 is 102 Å². The topological polar surface area (TPSA) is 336 Å². The summed E-state index contributed by atoms with van der Waals surface area (Å²) in [6, 6.07) is 11.3. The van der Waals surface area contributed by atoms with Crippen molar-refractivity contribution in [1.82, 2.24) is 49.8 Å². The van der Waals surface area contributed by atoms with E-state index < -0.39 is 81.0 Å². The number of aromatic amines is 1. The molecule has 732 valence electrons. The molecule has 0 radical (unpaired) electrons. The van der Waals surface area contributed by atoms with Crippen LogP contribution in [0, 0.1) is 5.92 Å². The van der Waals surface area contributed by atoms with Gasteiger partial charge in [0.2, 0.25) is 9.05 Å². The number of fused-ring (bicyclic) bond motifs is 3. The summed E-state index contributed by atoms with van der Waals surface area (Å²) in [6.07, 6.45) is 21.5. The summed E-state index contributed by atoms with van der Waals surface area (Å²) in [5.74, 6) is 2.54. The first kappa shape index (κ1) is 104. The molecular weight excluding hydrogens is 1750 g/mol. The minimum absolute atomic E-state index is 0. The second kappa shape index (κ2) is 45.5. The van der Waals surface area contributed by atoms with E-state index in [1.54, 1.807) is 84.2 Å². The zero-order valence-corrected chi connectivity index (χ0v) is 80.3. The number of amides is 6. The molecule has 0 bridgehead atoms. The second-order valence-electron chi connectivity index (χ2n) is 38.5. The maximum atomic E-state index is 15.3. The molecule has 3 aromatic heterocycles. The lowest BCUT2D eigenvalue weighted by Crippen LogP contribution is -2.48. The molecule has 10 aliphatic rings. The maximum Gasteiger partial charge on any atom is 0.414 e. The monoisotopic (exact) mass is 1890 g/mol. The number of aromatic nitrogens is 6. The number of carbonyl (C=O) groups excluding carboxylic acids is 6. The van der Waals surface area contributed by atoms with Gasteiger partial charge in [0, 0.05) is 124 Å². The zero-order valence-electron chi connectivity index (χ0n) is 78.7. The highest BCUT2D eigenvalue weighted by Crippen LogP contribution is 2.49. The number of likely N-dealkylation sites (tertiary alicyclic amines) is 3. The molecule has 0 spiro atoms. The predicted molar refractivity (Wildman–Crippen MR) is 497 cm³/mol. The zero-order chi connectivity index (χ0) is 95.3. The number of aliphatic hydroxyl groups excluding tert-OH is 1. The summed E-state index contributed by atoms with van der Waals surface area (Å²) in [4.78, 5) is 82.3. The van der Waals surface area contributed by atoms with Gasteiger partial charge >= 0.3 is 36.6 Å². The molecule has 7 aliphatic heterocycles. The van der Waals surface area contributed by atoms with Gasteiger partial charge < -0.3 is 67.8 Å². The van der Waals surface area contributed by atoms with Crippen molar-refractivity contribution in [3.05, 3.63) is 90.3 Å². The fourth-order valence-electron chi connectivity index (χ4n) is 17.0. The van der Waals surface area contributed by atoms with Gasteiger partial charge in [-0.15, -0.1) is 0 Å². The number of methoxy groups -OCH3 is 3. The molecule has 31 nitrogen and oxygen atoms in total. The number of H-pyrrole nitrogens is 1. The molecule has 16 rings (SSSR count). The lowest BCUT2D eigenvalue weighted by Gasteiger charge is -2.37. The number of nitrogens with one attached hydrogen (secondary N) is 2. The van der Waals surface area contributed by atoms with Crippen LogP contribution in [0.3, 0.4) is 0 Å². The number of ether oxygens (including phenoxy) is 9. The minimum atomic E-state index is -3.19. The van der Waals surface area contributed by atoms with Crippen LogP contribution in [0.15, 0.2) is 73.6 Å². The number of anilines is 3. The van der Waals surface area contributed by atoms with Crippen molar-refractivity contribution in [2.24, 2.45) is 5.92 Å². The van der Waals surface area contributed by atoms with Crippen LogP contribution in [0.1, 0.15) is 229 Å². The van der Waals surface area contributed by atoms with Crippen molar-refractivity contribution in [1.29, 1.82) is 0 Å². The van der Waals surface area contributed by atoms with Crippen molar-refractivity contribution >= 4 is 73.4 Å². The van der Waals surface area contributed by atoms with E-state index in [9.17, 15) is 50.4 Å². The minimum Gasteiger partial charge on any atom is -0.489 e. The SMILES string of the molecule is C.CC(C)(C)OC(=O)N1CC[C@H](O)[C@@H](F)C1.COC(=O)N1c2ccc(-c3cn[nH]c3)c(OC3CCC3)c2CC[C@@H]1C.COC(=O)N1c2ccc(-c3cnn([C@@H]4CCN(C(=O)OC(C)(C)C)C[C@@H]4F)c3)c(OC3CCC3)c2CC[C@@H]1C.COC(=O)N1c2ccc(-c3cnn([C@@H]4CCNC[C@@H]4F)c3)c(OC3CCC3)c2CC[C@@H]1C.CS(=O)(=O)Cl.C[C@H]1CCN(C(=O)OC(C)(C)C)C[C@@H]1F. The van der Waals surface area contributed by atoms with Gasteiger partial charge in [-0.25, -0.2) is 54.7 Å². The lowest BCUT2D eigenvalue weighted by atomic mass is 9.91. The fourth-order valence-corrected chi connectivity index (χ4v) is 17.0. The van der Waals surface area contributed by atoms with E-state index in [1.165, 1.54) is 48.9 Å². The summed E-state index contributed by atoms with van der Waals surface area (Å²) >= 11 is 0. The Morgan fingerprint density at radius 3 is 1.13 bits per heavy atom. The van der Waals surface area contributed by atoms with Gasteiger partial charge in [0.1, 0.15) is 58.7 Å². The number of benzene rings is 3. The first-order valence-electron chi connectivity index (χ1n) is 45.9. The largest absolute Gasteiger partial charge is 0.489 e. The van der Waals surface area contributed by atoms with Gasteiger partial charge in [0.25, 0.3) is 0 Å². The molecule has 10 heterocycles. The Balaban J connectivity index is 0.000000176. The lowest BCUT2D eigenvalue weighted by molar-refractivity contribution is -0.0176. The first-order valence-corrected chi connectivity index (χ1v) is 48.6. The van der Waals surface area contributed by atoms with E-state index in [4.69, 9.17) is 47.7 Å². The third-order valence-electron chi connectivity index (χ3n) is 24.9. The number of rotatable bonds is 11. The fraction of sp³-hybridized carbons (Fsp3) is 0.653. The van der Waals surface area contributed by atoms with E-state index >= 15 is 4.39 Å². The Morgan fingerprint density at radius 1 is 0.462 bits per heavy atom. The van der Waals surface area contributed by atoms with Crippen molar-refractivity contribution in [2.75, 3.05) is 94.6 Å². The Labute approximate surface area is 778 Å². The van der Waals surface area contributed by atoms with Crippen molar-refractivity contribution in [3.63, 3.8) is 0 Å². The molecule has 4 saturated heterocycles. The average molecular weight is 1890 g/mol. The molecule has 132 heavy (non-hydrogen) atoms. The number of alkyl halides is 4. The van der Waals surface area contributed by atoms with Gasteiger partial charge in [-0.2, -0.15) is 15.3 Å². The Morgan fingerprint density at radius 2 is 0.811 bits per heavy atom. The third-order valence-corrected chi connectivity index (χ3v) is 24.9. The molecule has 37 heteroatoms. The number of hydrogen-bond acceptors (Lipinski definition) is 22. The smallest absolute Gasteiger partial charge is 0.414 e. The Bertz CT molecular complexity index is 4920. The van der Waals surface area contributed by atoms with Gasteiger partial charge in [-0.1, -0.05) is 14.4 Å². The molecule has 6 amide bonds. The summed E-state index contributed by atoms with van der Waals surface area (Å²) in [7, 11) is 5.54. The van der Waals surface area contributed by atoms with Crippen molar-refractivity contribution in [2.45, 2.75) is 316 Å². The molecular formula is C95H138ClF4N13O18S.